The number of carbonyl (C=O) groups is 1. The van der Waals surface area contributed by atoms with Crippen molar-refractivity contribution in [3.63, 3.8) is 0 Å². The van der Waals surface area contributed by atoms with Gasteiger partial charge < -0.3 is 14.5 Å². The molecule has 0 aliphatic carbocycles. The number of anilines is 1. The zero-order valence-corrected chi connectivity index (χ0v) is 11.5. The third-order valence-corrected chi connectivity index (χ3v) is 3.02. The number of esters is 1. The maximum Gasteiger partial charge on any atom is 0.341 e. The first kappa shape index (κ1) is 13.2. The van der Waals surface area contributed by atoms with Crippen LogP contribution < -0.4 is 5.32 Å². The molecule has 0 aliphatic rings. The first-order valence-electron chi connectivity index (χ1n) is 5.92. The van der Waals surface area contributed by atoms with E-state index in [4.69, 9.17) is 4.42 Å². The first-order valence-corrected chi connectivity index (χ1v) is 5.92. The Labute approximate surface area is 111 Å². The summed E-state index contributed by atoms with van der Waals surface area (Å²) in [5.41, 5.74) is 3.38. The number of ether oxygens (including phenoxy) is 1. The monoisotopic (exact) mass is 263 g/mol. The molecule has 0 fully saturated rings. The first-order chi connectivity index (χ1) is 9.02. The van der Waals surface area contributed by atoms with E-state index in [1.807, 2.05) is 25.6 Å². The Morgan fingerprint density at radius 3 is 2.84 bits per heavy atom. The summed E-state index contributed by atoms with van der Waals surface area (Å²) in [6.07, 6.45) is 1.39. The average Bonchev–Trinajstić information content (AvgIpc) is 2.94. The number of aryl methyl sites for hydroxylation is 2. The van der Waals surface area contributed by atoms with Gasteiger partial charge in [0.25, 0.3) is 0 Å². The Kier molecular flexibility index (Phi) is 3.59. The van der Waals surface area contributed by atoms with Gasteiger partial charge in [-0.25, -0.2) is 4.79 Å². The van der Waals surface area contributed by atoms with Crippen LogP contribution in [-0.2, 0) is 18.3 Å². The zero-order valence-electron chi connectivity index (χ0n) is 11.5. The topological polar surface area (TPSA) is 69.3 Å². The fraction of sp³-hybridized carbons (Fsp3) is 0.385. The average molecular weight is 263 g/mol. The van der Waals surface area contributed by atoms with Crippen LogP contribution in [0.2, 0.25) is 0 Å². The molecule has 102 valence electrons. The molecular weight excluding hydrogens is 246 g/mol. The molecule has 2 heterocycles. The predicted octanol–water partition coefficient (Wildman–Crippen LogP) is 2.03. The van der Waals surface area contributed by atoms with Gasteiger partial charge in [-0.3, -0.25) is 4.68 Å². The zero-order chi connectivity index (χ0) is 14.0. The minimum absolute atomic E-state index is 0.399. The van der Waals surface area contributed by atoms with E-state index in [0.717, 1.165) is 17.1 Å². The fourth-order valence-electron chi connectivity index (χ4n) is 1.90. The maximum absolute atomic E-state index is 11.3. The van der Waals surface area contributed by atoms with Gasteiger partial charge in [-0.2, -0.15) is 5.10 Å². The van der Waals surface area contributed by atoms with Crippen LogP contribution in [0.15, 0.2) is 16.7 Å². The number of hydrogen-bond acceptors (Lipinski definition) is 5. The lowest BCUT2D eigenvalue weighted by atomic mass is 10.3. The molecule has 2 aromatic rings. The highest BCUT2D eigenvalue weighted by Gasteiger charge is 2.12. The van der Waals surface area contributed by atoms with Gasteiger partial charge in [0.05, 0.1) is 36.3 Å². The molecule has 0 atom stereocenters. The number of furan rings is 1. The van der Waals surface area contributed by atoms with Crippen LogP contribution >= 0.6 is 0 Å². The van der Waals surface area contributed by atoms with E-state index in [1.54, 1.807) is 6.07 Å². The molecular formula is C13H17N3O3. The van der Waals surface area contributed by atoms with Gasteiger partial charge in [0, 0.05) is 7.05 Å². The summed E-state index contributed by atoms with van der Waals surface area (Å²) in [7, 11) is 3.24. The third kappa shape index (κ3) is 2.62. The van der Waals surface area contributed by atoms with E-state index in [-0.39, 0.29) is 0 Å². The van der Waals surface area contributed by atoms with Crippen LogP contribution in [0.4, 0.5) is 5.69 Å². The number of methoxy groups -OCH3 is 1. The third-order valence-electron chi connectivity index (χ3n) is 3.02. The van der Waals surface area contributed by atoms with Gasteiger partial charge in [-0.15, -0.1) is 0 Å². The maximum atomic E-state index is 11.3. The van der Waals surface area contributed by atoms with Crippen molar-refractivity contribution in [2.45, 2.75) is 20.4 Å². The normalized spacial score (nSPS) is 10.5. The van der Waals surface area contributed by atoms with Crippen molar-refractivity contribution in [1.82, 2.24) is 9.78 Å². The molecule has 0 aromatic carbocycles. The predicted molar refractivity (Wildman–Crippen MR) is 70.1 cm³/mol. The number of nitrogens with zero attached hydrogens (tertiary/aromatic N) is 2. The number of hydrogen-bond donors (Lipinski definition) is 1. The summed E-state index contributed by atoms with van der Waals surface area (Å²) in [5, 5.41) is 7.58. The quantitative estimate of drug-likeness (QED) is 0.855. The van der Waals surface area contributed by atoms with Gasteiger partial charge in [0.1, 0.15) is 12.0 Å². The largest absolute Gasteiger partial charge is 0.467 e. The second-order valence-corrected chi connectivity index (χ2v) is 4.32. The van der Waals surface area contributed by atoms with Crippen molar-refractivity contribution < 1.29 is 13.9 Å². The summed E-state index contributed by atoms with van der Waals surface area (Å²) >= 11 is 0. The molecule has 0 spiro atoms. The van der Waals surface area contributed by atoms with E-state index in [1.165, 1.54) is 13.4 Å². The summed E-state index contributed by atoms with van der Waals surface area (Å²) in [6.45, 7) is 4.42. The van der Waals surface area contributed by atoms with Crippen molar-refractivity contribution in [1.29, 1.82) is 0 Å². The van der Waals surface area contributed by atoms with Crippen LogP contribution in [0.25, 0.3) is 0 Å². The molecule has 0 unspecified atom stereocenters. The molecule has 2 aromatic heterocycles. The van der Waals surface area contributed by atoms with Crippen molar-refractivity contribution in [3.8, 4) is 0 Å². The molecule has 6 heteroatoms. The van der Waals surface area contributed by atoms with Crippen LogP contribution in [0.1, 0.15) is 27.5 Å². The van der Waals surface area contributed by atoms with E-state index in [0.29, 0.717) is 17.9 Å². The Morgan fingerprint density at radius 1 is 1.53 bits per heavy atom. The lowest BCUT2D eigenvalue weighted by Crippen LogP contribution is -2.01. The van der Waals surface area contributed by atoms with E-state index < -0.39 is 5.97 Å². The Morgan fingerprint density at radius 2 is 2.26 bits per heavy atom. The summed E-state index contributed by atoms with van der Waals surface area (Å²) in [5.74, 6) is 0.270. The van der Waals surface area contributed by atoms with Gasteiger partial charge in [0.2, 0.25) is 0 Å². The summed E-state index contributed by atoms with van der Waals surface area (Å²) in [4.78, 5) is 11.3. The minimum Gasteiger partial charge on any atom is -0.467 e. The highest BCUT2D eigenvalue weighted by atomic mass is 16.5. The second kappa shape index (κ2) is 5.17. The van der Waals surface area contributed by atoms with E-state index in [9.17, 15) is 4.79 Å². The number of rotatable bonds is 4. The summed E-state index contributed by atoms with van der Waals surface area (Å²) in [6, 6.07) is 1.67. The second-order valence-electron chi connectivity index (χ2n) is 4.32. The van der Waals surface area contributed by atoms with Crippen LogP contribution in [-0.4, -0.2) is 22.9 Å². The molecule has 19 heavy (non-hydrogen) atoms. The smallest absolute Gasteiger partial charge is 0.341 e. The molecule has 0 bridgehead atoms. The van der Waals surface area contributed by atoms with Crippen LogP contribution in [0, 0.1) is 13.8 Å². The highest BCUT2D eigenvalue weighted by Crippen LogP contribution is 2.19. The van der Waals surface area contributed by atoms with E-state index >= 15 is 0 Å². The fourth-order valence-corrected chi connectivity index (χ4v) is 1.90. The molecule has 1 N–H and O–H groups in total. The van der Waals surface area contributed by atoms with Gasteiger partial charge in [0.15, 0.2) is 0 Å². The van der Waals surface area contributed by atoms with E-state index in [2.05, 4.69) is 15.2 Å². The Hall–Kier alpha value is -2.24. The molecule has 0 radical (unpaired) electrons. The molecule has 0 amide bonds. The number of nitrogens with one attached hydrogen (secondary N) is 1. The molecule has 0 saturated heterocycles. The minimum atomic E-state index is -0.399. The number of aromatic nitrogens is 2. The molecule has 6 nitrogen and oxygen atoms in total. The molecule has 0 aliphatic heterocycles. The molecule has 2 rings (SSSR count). The lowest BCUT2D eigenvalue weighted by molar-refractivity contribution is 0.0600. The van der Waals surface area contributed by atoms with Gasteiger partial charge in [-0.1, -0.05) is 0 Å². The standard InChI is InChI=1S/C13H17N3O3/c1-8-12(9(2)16(3)15-8)14-6-11-5-10(7-19-11)13(17)18-4/h5,7,14H,6H2,1-4H3. The van der Waals surface area contributed by atoms with Crippen molar-refractivity contribution in [2.24, 2.45) is 7.05 Å². The van der Waals surface area contributed by atoms with Crippen LogP contribution in [0.5, 0.6) is 0 Å². The van der Waals surface area contributed by atoms with Crippen LogP contribution in [0.3, 0.4) is 0 Å². The summed E-state index contributed by atoms with van der Waals surface area (Å²) < 4.78 is 11.7. The van der Waals surface area contributed by atoms with Crippen molar-refractivity contribution in [2.75, 3.05) is 12.4 Å². The number of carbonyl (C=O) groups excluding carboxylic acids is 1. The highest BCUT2D eigenvalue weighted by molar-refractivity contribution is 5.89. The molecule has 0 saturated carbocycles. The van der Waals surface area contributed by atoms with Crippen molar-refractivity contribution in [3.05, 3.63) is 35.0 Å². The Bertz CT molecular complexity index is 598. The van der Waals surface area contributed by atoms with Gasteiger partial charge in [-0.05, 0) is 19.9 Å². The lowest BCUT2D eigenvalue weighted by Gasteiger charge is -2.04. The SMILES string of the molecule is COC(=O)c1coc(CNc2c(C)nn(C)c2C)c1. The van der Waals surface area contributed by atoms with Gasteiger partial charge >= 0.3 is 5.97 Å². The Balaban J connectivity index is 2.06. The van der Waals surface area contributed by atoms with Crippen molar-refractivity contribution >= 4 is 11.7 Å².